The number of rotatable bonds is 6. The topological polar surface area (TPSA) is 51.0 Å². The minimum atomic E-state index is 0.258. The molecule has 5 heteroatoms. The van der Waals surface area contributed by atoms with Gasteiger partial charge in [-0.3, -0.25) is 9.78 Å². The number of imidazole rings is 1. The zero-order chi connectivity index (χ0) is 17.1. The van der Waals surface area contributed by atoms with Gasteiger partial charge in [-0.25, -0.2) is 4.98 Å². The highest BCUT2D eigenvalue weighted by Gasteiger charge is 2.29. The molecule has 132 valence electrons. The molecule has 0 radical (unpaired) electrons. The lowest BCUT2D eigenvalue weighted by molar-refractivity contribution is -0.132. The van der Waals surface area contributed by atoms with Gasteiger partial charge < -0.3 is 9.47 Å². The summed E-state index contributed by atoms with van der Waals surface area (Å²) in [5, 5.41) is 0. The summed E-state index contributed by atoms with van der Waals surface area (Å²) in [6, 6.07) is 3.96. The number of hydrogen-bond acceptors (Lipinski definition) is 3. The second kappa shape index (κ2) is 7.38. The smallest absolute Gasteiger partial charge is 0.222 e. The predicted octanol–water partition coefficient (Wildman–Crippen LogP) is 3.03. The van der Waals surface area contributed by atoms with Crippen molar-refractivity contribution in [2.24, 2.45) is 5.92 Å². The minimum absolute atomic E-state index is 0.258. The van der Waals surface area contributed by atoms with Gasteiger partial charge in [-0.15, -0.1) is 0 Å². The highest BCUT2D eigenvalue weighted by atomic mass is 16.2. The van der Waals surface area contributed by atoms with Crippen LogP contribution in [-0.2, 0) is 17.8 Å². The Morgan fingerprint density at radius 1 is 1.24 bits per heavy atom. The van der Waals surface area contributed by atoms with Crippen LogP contribution in [0.1, 0.15) is 49.4 Å². The van der Waals surface area contributed by atoms with Crippen molar-refractivity contribution >= 4 is 5.91 Å². The van der Waals surface area contributed by atoms with Crippen molar-refractivity contribution in [1.29, 1.82) is 0 Å². The van der Waals surface area contributed by atoms with Crippen molar-refractivity contribution in [3.63, 3.8) is 0 Å². The quantitative estimate of drug-likeness (QED) is 0.813. The van der Waals surface area contributed by atoms with E-state index in [1.165, 1.54) is 18.7 Å². The third-order valence-electron chi connectivity index (χ3n) is 5.39. The number of carbonyl (C=O) groups is 1. The van der Waals surface area contributed by atoms with Gasteiger partial charge in [0.1, 0.15) is 5.82 Å². The number of likely N-dealkylation sites (tertiary alicyclic amines) is 1. The molecular weight excluding hydrogens is 312 g/mol. The maximum Gasteiger partial charge on any atom is 0.222 e. The average molecular weight is 338 g/mol. The Kier molecular flexibility index (Phi) is 4.81. The van der Waals surface area contributed by atoms with Crippen molar-refractivity contribution in [3.05, 3.63) is 48.3 Å². The molecule has 2 aromatic heterocycles. The number of hydrogen-bond donors (Lipinski definition) is 0. The van der Waals surface area contributed by atoms with E-state index in [9.17, 15) is 4.79 Å². The maximum atomic E-state index is 12.6. The highest BCUT2D eigenvalue weighted by Crippen LogP contribution is 2.33. The first-order valence-electron chi connectivity index (χ1n) is 9.47. The molecule has 3 heterocycles. The molecule has 5 nitrogen and oxygen atoms in total. The molecule has 1 atom stereocenters. The SMILES string of the molecule is O=C(CCc1cccnc1)N1CCC[C@@H](c2nccn2CC2CC2)C1. The van der Waals surface area contributed by atoms with E-state index < -0.39 is 0 Å². The van der Waals surface area contributed by atoms with Crippen molar-refractivity contribution in [3.8, 4) is 0 Å². The summed E-state index contributed by atoms with van der Waals surface area (Å²) in [5.41, 5.74) is 1.13. The molecule has 1 saturated carbocycles. The van der Waals surface area contributed by atoms with Crippen LogP contribution < -0.4 is 0 Å². The van der Waals surface area contributed by atoms with Crippen molar-refractivity contribution in [1.82, 2.24) is 19.4 Å². The molecule has 25 heavy (non-hydrogen) atoms. The molecule has 2 aromatic rings. The second-order valence-electron chi connectivity index (χ2n) is 7.42. The summed E-state index contributed by atoms with van der Waals surface area (Å²) < 4.78 is 2.33. The molecule has 0 spiro atoms. The van der Waals surface area contributed by atoms with Crippen LogP contribution in [0.2, 0.25) is 0 Å². The standard InChI is InChI=1S/C20H26N4O/c25-19(8-7-16-3-1-9-21-13-16)23-11-2-4-18(15-23)20-22-10-12-24(20)14-17-5-6-17/h1,3,9-10,12-13,17-18H,2,4-8,11,14-15H2/t18-/m1/s1. The number of carbonyl (C=O) groups excluding carboxylic acids is 1. The lowest BCUT2D eigenvalue weighted by Crippen LogP contribution is -2.39. The van der Waals surface area contributed by atoms with E-state index in [1.54, 1.807) is 6.20 Å². The number of aryl methyl sites for hydroxylation is 1. The lowest BCUT2D eigenvalue weighted by Gasteiger charge is -2.33. The summed E-state index contributed by atoms with van der Waals surface area (Å²) in [6.45, 7) is 2.79. The first-order valence-corrected chi connectivity index (χ1v) is 9.47. The van der Waals surface area contributed by atoms with Gasteiger partial charge in [-0.1, -0.05) is 6.07 Å². The molecule has 0 unspecified atom stereocenters. The lowest BCUT2D eigenvalue weighted by atomic mass is 9.96. The predicted molar refractivity (Wildman–Crippen MR) is 96.1 cm³/mol. The van der Waals surface area contributed by atoms with Gasteiger partial charge in [0.05, 0.1) is 0 Å². The van der Waals surface area contributed by atoms with E-state index >= 15 is 0 Å². The Balaban J connectivity index is 1.35. The van der Waals surface area contributed by atoms with Gasteiger partial charge in [-0.2, -0.15) is 0 Å². The largest absolute Gasteiger partial charge is 0.342 e. The summed E-state index contributed by atoms with van der Waals surface area (Å²) >= 11 is 0. The van der Waals surface area contributed by atoms with Crippen LogP contribution in [0.15, 0.2) is 36.9 Å². The van der Waals surface area contributed by atoms with Crippen LogP contribution >= 0.6 is 0 Å². The van der Waals surface area contributed by atoms with Gasteiger partial charge >= 0.3 is 0 Å². The van der Waals surface area contributed by atoms with Crippen LogP contribution in [0.4, 0.5) is 0 Å². The molecule has 1 aliphatic heterocycles. The van der Waals surface area contributed by atoms with E-state index in [1.807, 2.05) is 29.4 Å². The fourth-order valence-corrected chi connectivity index (χ4v) is 3.78. The molecule has 0 N–H and O–H groups in total. The molecule has 2 aliphatic rings. The Labute approximate surface area is 149 Å². The van der Waals surface area contributed by atoms with E-state index in [0.717, 1.165) is 50.4 Å². The fourth-order valence-electron chi connectivity index (χ4n) is 3.78. The molecule has 0 aromatic carbocycles. The van der Waals surface area contributed by atoms with Crippen molar-refractivity contribution in [2.75, 3.05) is 13.1 Å². The Morgan fingerprint density at radius 2 is 2.16 bits per heavy atom. The monoisotopic (exact) mass is 338 g/mol. The van der Waals surface area contributed by atoms with Gasteiger partial charge in [0.2, 0.25) is 5.91 Å². The summed E-state index contributed by atoms with van der Waals surface area (Å²) in [5.74, 6) is 2.66. The van der Waals surface area contributed by atoms with Gasteiger partial charge in [-0.05, 0) is 49.7 Å². The van der Waals surface area contributed by atoms with Crippen LogP contribution in [0.5, 0.6) is 0 Å². The van der Waals surface area contributed by atoms with Crippen LogP contribution in [-0.4, -0.2) is 38.4 Å². The normalized spacial score (nSPS) is 20.6. The number of pyridine rings is 1. The zero-order valence-corrected chi connectivity index (χ0v) is 14.7. The molecule has 1 saturated heterocycles. The van der Waals surface area contributed by atoms with E-state index in [-0.39, 0.29) is 5.91 Å². The molecule has 2 fully saturated rings. The van der Waals surface area contributed by atoms with Crippen LogP contribution in [0.3, 0.4) is 0 Å². The second-order valence-corrected chi connectivity index (χ2v) is 7.42. The van der Waals surface area contributed by atoms with Crippen molar-refractivity contribution < 1.29 is 4.79 Å². The third-order valence-corrected chi connectivity index (χ3v) is 5.39. The van der Waals surface area contributed by atoms with Gasteiger partial charge in [0.25, 0.3) is 0 Å². The zero-order valence-electron chi connectivity index (χ0n) is 14.7. The Bertz CT molecular complexity index is 707. The maximum absolute atomic E-state index is 12.6. The van der Waals surface area contributed by atoms with E-state index in [2.05, 4.69) is 20.7 Å². The van der Waals surface area contributed by atoms with Crippen LogP contribution in [0, 0.1) is 5.92 Å². The highest BCUT2D eigenvalue weighted by molar-refractivity contribution is 5.76. The third kappa shape index (κ3) is 4.09. The van der Waals surface area contributed by atoms with Gasteiger partial charge in [0, 0.05) is 56.8 Å². The van der Waals surface area contributed by atoms with E-state index in [0.29, 0.717) is 12.3 Å². The number of nitrogens with zero attached hydrogens (tertiary/aromatic N) is 4. The fraction of sp³-hybridized carbons (Fsp3) is 0.550. The Hall–Kier alpha value is -2.17. The molecule has 0 bridgehead atoms. The molecule has 1 aliphatic carbocycles. The van der Waals surface area contributed by atoms with Gasteiger partial charge in [0.15, 0.2) is 0 Å². The first-order chi connectivity index (χ1) is 12.3. The van der Waals surface area contributed by atoms with Crippen molar-refractivity contribution in [2.45, 2.75) is 51.0 Å². The average Bonchev–Trinajstić information content (AvgIpc) is 3.35. The minimum Gasteiger partial charge on any atom is -0.342 e. The molecular formula is C20H26N4O. The number of piperidine rings is 1. The summed E-state index contributed by atoms with van der Waals surface area (Å²) in [7, 11) is 0. The Morgan fingerprint density at radius 3 is 2.96 bits per heavy atom. The molecule has 1 amide bonds. The summed E-state index contributed by atoms with van der Waals surface area (Å²) in [6.07, 6.45) is 13.9. The first kappa shape index (κ1) is 16.3. The molecule has 4 rings (SSSR count). The number of aromatic nitrogens is 3. The summed E-state index contributed by atoms with van der Waals surface area (Å²) in [4.78, 5) is 23.4. The number of amides is 1. The van der Waals surface area contributed by atoms with Crippen LogP contribution in [0.25, 0.3) is 0 Å². The van der Waals surface area contributed by atoms with E-state index in [4.69, 9.17) is 0 Å².